The fraction of sp³-hybridized carbons (Fsp3) is 0.250. The van der Waals surface area contributed by atoms with Crippen LogP contribution in [0.5, 0.6) is 0 Å². The van der Waals surface area contributed by atoms with Crippen molar-refractivity contribution in [1.29, 1.82) is 0 Å². The summed E-state index contributed by atoms with van der Waals surface area (Å²) in [4.78, 5) is 12.6. The van der Waals surface area contributed by atoms with Crippen LogP contribution in [0.2, 0.25) is 0 Å². The van der Waals surface area contributed by atoms with Crippen LogP contribution in [0.3, 0.4) is 0 Å². The van der Waals surface area contributed by atoms with Crippen LogP contribution >= 0.6 is 0 Å². The molecular weight excluding hydrogens is 284 g/mol. The van der Waals surface area contributed by atoms with Crippen molar-refractivity contribution in [3.8, 4) is 16.8 Å². The minimum atomic E-state index is -0.0226. The van der Waals surface area contributed by atoms with Crippen LogP contribution in [0.15, 0.2) is 59.4 Å². The number of rotatable bonds is 5. The van der Waals surface area contributed by atoms with Crippen molar-refractivity contribution >= 4 is 0 Å². The lowest BCUT2D eigenvalue weighted by atomic mass is 10.0. The van der Waals surface area contributed by atoms with E-state index >= 15 is 0 Å². The van der Waals surface area contributed by atoms with E-state index in [1.807, 2.05) is 47.1 Å². The predicted octanol–water partition coefficient (Wildman–Crippen LogP) is 4.48. The van der Waals surface area contributed by atoms with Gasteiger partial charge >= 0.3 is 0 Å². The van der Waals surface area contributed by atoms with E-state index < -0.39 is 0 Å². The van der Waals surface area contributed by atoms with Crippen LogP contribution < -0.4 is 5.56 Å². The molecule has 23 heavy (non-hydrogen) atoms. The Bertz CT molecular complexity index is 844. The van der Waals surface area contributed by atoms with Crippen molar-refractivity contribution in [3.05, 3.63) is 76.2 Å². The number of unbranched alkanes of at least 4 members (excludes halogenated alkanes) is 1. The molecule has 0 radical (unpaired) electrons. The number of aryl methyl sites for hydroxylation is 1. The van der Waals surface area contributed by atoms with E-state index in [0.29, 0.717) is 0 Å². The summed E-state index contributed by atoms with van der Waals surface area (Å²) in [6.45, 7) is 4.24. The molecule has 0 aliphatic rings. The molecule has 1 aromatic heterocycles. The largest absolute Gasteiger partial charge is 0.272 e. The van der Waals surface area contributed by atoms with Gasteiger partial charge in [0.2, 0.25) is 0 Å². The monoisotopic (exact) mass is 306 g/mol. The van der Waals surface area contributed by atoms with Crippen LogP contribution in [0.25, 0.3) is 16.8 Å². The Kier molecular flexibility index (Phi) is 4.47. The van der Waals surface area contributed by atoms with Gasteiger partial charge in [-0.1, -0.05) is 61.9 Å². The van der Waals surface area contributed by atoms with Crippen LogP contribution in [-0.2, 0) is 6.42 Å². The number of aromatic nitrogens is 2. The van der Waals surface area contributed by atoms with Crippen molar-refractivity contribution in [1.82, 2.24) is 9.78 Å². The number of para-hydroxylation sites is 1. The molecule has 0 spiro atoms. The Morgan fingerprint density at radius 3 is 2.39 bits per heavy atom. The van der Waals surface area contributed by atoms with Gasteiger partial charge in [0.1, 0.15) is 0 Å². The molecule has 2 aromatic carbocycles. The van der Waals surface area contributed by atoms with Gasteiger partial charge in [-0.05, 0) is 37.0 Å². The molecule has 1 N–H and O–H groups in total. The lowest BCUT2D eigenvalue weighted by Crippen LogP contribution is -2.07. The number of benzene rings is 2. The van der Waals surface area contributed by atoms with Crippen LogP contribution in [0, 0.1) is 6.92 Å². The highest BCUT2D eigenvalue weighted by Gasteiger charge is 2.17. The molecule has 0 aliphatic carbocycles. The van der Waals surface area contributed by atoms with Crippen LogP contribution in [-0.4, -0.2) is 9.78 Å². The molecule has 0 unspecified atom stereocenters. The normalized spacial score (nSPS) is 10.9. The topological polar surface area (TPSA) is 37.8 Å². The predicted molar refractivity (Wildman–Crippen MR) is 95.2 cm³/mol. The number of aromatic amines is 1. The van der Waals surface area contributed by atoms with Gasteiger partial charge in [0.25, 0.3) is 5.56 Å². The number of nitrogens with one attached hydrogen (secondary N) is 1. The molecule has 0 atom stereocenters. The summed E-state index contributed by atoms with van der Waals surface area (Å²) in [5.41, 5.74) is 5.01. The third-order valence-electron chi connectivity index (χ3n) is 4.18. The summed E-state index contributed by atoms with van der Waals surface area (Å²) in [6.07, 6.45) is 3.04. The van der Waals surface area contributed by atoms with Crippen LogP contribution in [0.1, 0.15) is 31.0 Å². The molecule has 3 heteroatoms. The highest BCUT2D eigenvalue weighted by atomic mass is 16.1. The molecule has 0 aliphatic heterocycles. The van der Waals surface area contributed by atoms with E-state index in [2.05, 4.69) is 31.1 Å². The van der Waals surface area contributed by atoms with E-state index in [0.717, 1.165) is 47.3 Å². The van der Waals surface area contributed by atoms with Crippen molar-refractivity contribution in [2.45, 2.75) is 33.1 Å². The number of H-pyrrole nitrogens is 1. The zero-order chi connectivity index (χ0) is 16.2. The number of hydrogen-bond donors (Lipinski definition) is 1. The summed E-state index contributed by atoms with van der Waals surface area (Å²) in [6, 6.07) is 18.1. The van der Waals surface area contributed by atoms with E-state index in [4.69, 9.17) is 0 Å². The van der Waals surface area contributed by atoms with Gasteiger partial charge in [-0.2, -0.15) is 0 Å². The molecule has 0 amide bonds. The lowest BCUT2D eigenvalue weighted by Gasteiger charge is -2.12. The summed E-state index contributed by atoms with van der Waals surface area (Å²) in [7, 11) is 0. The second-order valence-corrected chi connectivity index (χ2v) is 5.85. The van der Waals surface area contributed by atoms with E-state index in [1.54, 1.807) is 0 Å². The Balaban J connectivity index is 2.22. The fourth-order valence-electron chi connectivity index (χ4n) is 2.97. The second-order valence-electron chi connectivity index (χ2n) is 5.85. The van der Waals surface area contributed by atoms with Gasteiger partial charge in [0.15, 0.2) is 0 Å². The van der Waals surface area contributed by atoms with E-state index in [9.17, 15) is 4.79 Å². The highest BCUT2D eigenvalue weighted by Crippen LogP contribution is 2.25. The summed E-state index contributed by atoms with van der Waals surface area (Å²) in [5, 5.41) is 3.04. The SMILES string of the molecule is CCCCc1c(-c2ccccc2)c(=O)[nH]n1-c1ccccc1C. The van der Waals surface area contributed by atoms with Gasteiger partial charge in [0, 0.05) is 0 Å². The van der Waals surface area contributed by atoms with Gasteiger partial charge < -0.3 is 0 Å². The van der Waals surface area contributed by atoms with Gasteiger partial charge in [0.05, 0.1) is 16.9 Å². The van der Waals surface area contributed by atoms with Crippen molar-refractivity contribution in [2.75, 3.05) is 0 Å². The molecule has 1 heterocycles. The second kappa shape index (κ2) is 6.69. The smallest absolute Gasteiger partial charge is 0.267 e. The van der Waals surface area contributed by atoms with Crippen molar-refractivity contribution in [3.63, 3.8) is 0 Å². The third-order valence-corrected chi connectivity index (χ3v) is 4.18. The van der Waals surface area contributed by atoms with Gasteiger partial charge in [-0.15, -0.1) is 0 Å². The van der Waals surface area contributed by atoms with E-state index in [1.165, 1.54) is 0 Å². The molecule has 118 valence electrons. The fourth-order valence-corrected chi connectivity index (χ4v) is 2.97. The first-order valence-electron chi connectivity index (χ1n) is 8.17. The molecule has 0 saturated heterocycles. The third kappa shape index (κ3) is 3.00. The highest BCUT2D eigenvalue weighted by molar-refractivity contribution is 5.66. The first-order valence-corrected chi connectivity index (χ1v) is 8.17. The zero-order valence-electron chi connectivity index (χ0n) is 13.7. The Labute approximate surface area is 136 Å². The maximum Gasteiger partial charge on any atom is 0.272 e. The molecule has 0 fully saturated rings. The van der Waals surface area contributed by atoms with Crippen molar-refractivity contribution < 1.29 is 0 Å². The summed E-state index contributed by atoms with van der Waals surface area (Å²) >= 11 is 0. The average Bonchev–Trinajstić information content (AvgIpc) is 2.90. The number of hydrogen-bond acceptors (Lipinski definition) is 1. The summed E-state index contributed by atoms with van der Waals surface area (Å²) in [5.74, 6) is 0. The van der Waals surface area contributed by atoms with Gasteiger partial charge in [-0.3, -0.25) is 14.6 Å². The maximum atomic E-state index is 12.6. The minimum absolute atomic E-state index is 0.0226. The average molecular weight is 306 g/mol. The number of nitrogens with zero attached hydrogens (tertiary/aromatic N) is 1. The molecule has 0 saturated carbocycles. The summed E-state index contributed by atoms with van der Waals surface area (Å²) < 4.78 is 1.97. The molecule has 3 rings (SSSR count). The van der Waals surface area contributed by atoms with E-state index in [-0.39, 0.29) is 5.56 Å². The Morgan fingerprint density at radius 2 is 1.70 bits per heavy atom. The molecule has 3 nitrogen and oxygen atoms in total. The minimum Gasteiger partial charge on any atom is -0.267 e. The van der Waals surface area contributed by atoms with Crippen LogP contribution in [0.4, 0.5) is 0 Å². The maximum absolute atomic E-state index is 12.6. The Morgan fingerprint density at radius 1 is 1.00 bits per heavy atom. The molecule has 0 bridgehead atoms. The first-order chi connectivity index (χ1) is 11.2. The molecule has 3 aromatic rings. The molecular formula is C20H22N2O. The lowest BCUT2D eigenvalue weighted by molar-refractivity contribution is 0.725. The standard InChI is InChI=1S/C20H22N2O/c1-3-4-13-18-19(16-11-6-5-7-12-16)20(23)21-22(18)17-14-9-8-10-15(17)2/h5-12,14H,3-4,13H2,1-2H3,(H,21,23). The Hall–Kier alpha value is -2.55. The quantitative estimate of drug-likeness (QED) is 0.741. The first kappa shape index (κ1) is 15.3. The van der Waals surface area contributed by atoms with Gasteiger partial charge in [-0.25, -0.2) is 0 Å². The zero-order valence-corrected chi connectivity index (χ0v) is 13.7. The van der Waals surface area contributed by atoms with Crippen molar-refractivity contribution in [2.24, 2.45) is 0 Å².